The molecule has 3 aromatic carbocycles. The van der Waals surface area contributed by atoms with Crippen molar-refractivity contribution in [3.05, 3.63) is 101 Å². The van der Waals surface area contributed by atoms with Crippen LogP contribution in [0.3, 0.4) is 0 Å². The standard InChI is InChI=1S/C48H59N5O6S/c1-7-56-43(57-8-2)31-52-26-23-33(24-27-52)14-13-29-58-40-19-12-16-35(32(40)3)36-21-22-42(50-44(36)46(55)59-48(4,5)6)53-28-25-34-15-11-17-37(38(34)30-53)45(54)51-47-49-39-18-9-10-20-41(39)60-47/h9-12,15-22,33,43H,7-8,13-14,23-31H2,1-6H3,(H,49,51,54). The Bertz CT molecular complexity index is 2220. The predicted octanol–water partition coefficient (Wildman–Crippen LogP) is 9.71. The summed E-state index contributed by atoms with van der Waals surface area (Å²) >= 11 is 1.46. The summed E-state index contributed by atoms with van der Waals surface area (Å²) in [6.45, 7) is 17.7. The summed E-state index contributed by atoms with van der Waals surface area (Å²) in [7, 11) is 0. The van der Waals surface area contributed by atoms with E-state index in [0.29, 0.717) is 60.9 Å². The molecule has 2 aromatic heterocycles. The van der Waals surface area contributed by atoms with Gasteiger partial charge in [-0.3, -0.25) is 15.0 Å². The average molecular weight is 834 g/mol. The van der Waals surface area contributed by atoms with Gasteiger partial charge in [0.1, 0.15) is 17.2 Å². The Hall–Kier alpha value is -4.88. The van der Waals surface area contributed by atoms with Gasteiger partial charge < -0.3 is 23.8 Å². The molecule has 0 aliphatic carbocycles. The maximum Gasteiger partial charge on any atom is 0.358 e. The molecule has 0 unspecified atom stereocenters. The fourth-order valence-corrected chi connectivity index (χ4v) is 9.08. The lowest BCUT2D eigenvalue weighted by Crippen LogP contribution is -2.40. The smallest absolute Gasteiger partial charge is 0.358 e. The minimum Gasteiger partial charge on any atom is -0.493 e. The number of hydrogen-bond acceptors (Lipinski definition) is 11. The van der Waals surface area contributed by atoms with Crippen LogP contribution in [0.4, 0.5) is 10.9 Å². The second-order valence-electron chi connectivity index (χ2n) is 16.6. The fraction of sp³-hybridized carbons (Fsp3) is 0.458. The van der Waals surface area contributed by atoms with E-state index in [-0.39, 0.29) is 17.9 Å². The quantitative estimate of drug-likeness (QED) is 0.0586. The number of likely N-dealkylation sites (tertiary alicyclic amines) is 1. The molecule has 1 fully saturated rings. The molecule has 1 amide bonds. The van der Waals surface area contributed by atoms with E-state index in [4.69, 9.17) is 23.9 Å². The lowest BCUT2D eigenvalue weighted by molar-refractivity contribution is -0.149. The number of amides is 1. The van der Waals surface area contributed by atoms with Gasteiger partial charge in [-0.2, -0.15) is 0 Å². The number of carbonyl (C=O) groups excluding carboxylic acids is 2. The number of aromatic nitrogens is 2. The van der Waals surface area contributed by atoms with E-state index in [1.165, 1.54) is 24.2 Å². The molecule has 0 atom stereocenters. The first-order valence-electron chi connectivity index (χ1n) is 21.4. The third-order valence-electron chi connectivity index (χ3n) is 11.2. The van der Waals surface area contributed by atoms with Gasteiger partial charge in [0, 0.05) is 44.0 Å². The number of fused-ring (bicyclic) bond motifs is 2. The molecule has 2 aliphatic heterocycles. The van der Waals surface area contributed by atoms with E-state index in [2.05, 4.69) is 26.2 Å². The number of pyridine rings is 1. The third kappa shape index (κ3) is 10.7. The molecule has 5 aromatic rings. The van der Waals surface area contributed by atoms with Gasteiger partial charge in [-0.25, -0.2) is 14.8 Å². The molecule has 0 bridgehead atoms. The molecule has 60 heavy (non-hydrogen) atoms. The van der Waals surface area contributed by atoms with Crippen molar-refractivity contribution in [2.45, 2.75) is 92.1 Å². The molecule has 0 radical (unpaired) electrons. The van der Waals surface area contributed by atoms with Gasteiger partial charge in [0.2, 0.25) is 0 Å². The van der Waals surface area contributed by atoms with Crippen molar-refractivity contribution in [3.8, 4) is 16.9 Å². The largest absolute Gasteiger partial charge is 0.493 e. The summed E-state index contributed by atoms with van der Waals surface area (Å²) in [5.41, 5.74) is 5.54. The first-order valence-corrected chi connectivity index (χ1v) is 22.3. The normalized spacial score (nSPS) is 15.0. The molecule has 1 saturated heterocycles. The fourth-order valence-electron chi connectivity index (χ4n) is 8.21. The van der Waals surface area contributed by atoms with Crippen LogP contribution in [0.2, 0.25) is 0 Å². The van der Waals surface area contributed by atoms with Crippen LogP contribution in [0.5, 0.6) is 5.75 Å². The van der Waals surface area contributed by atoms with Crippen LogP contribution in [0.15, 0.2) is 72.8 Å². The highest BCUT2D eigenvalue weighted by Crippen LogP contribution is 2.36. The average Bonchev–Trinajstić information content (AvgIpc) is 3.65. The summed E-state index contributed by atoms with van der Waals surface area (Å²) < 4.78 is 24.9. The predicted molar refractivity (Wildman–Crippen MR) is 239 cm³/mol. The van der Waals surface area contributed by atoms with Crippen LogP contribution in [0.1, 0.15) is 97.8 Å². The maximum absolute atomic E-state index is 14.0. The summed E-state index contributed by atoms with van der Waals surface area (Å²) in [6.07, 6.45) is 5.00. The second-order valence-corrected chi connectivity index (χ2v) is 17.7. The number of ether oxygens (including phenoxy) is 4. The number of anilines is 2. The topological polar surface area (TPSA) is 115 Å². The number of rotatable bonds is 16. The van der Waals surface area contributed by atoms with E-state index in [1.807, 2.05) is 108 Å². The molecular weight excluding hydrogens is 775 g/mol. The first-order chi connectivity index (χ1) is 29.0. The van der Waals surface area contributed by atoms with Crippen molar-refractivity contribution in [2.75, 3.05) is 56.2 Å². The minimum absolute atomic E-state index is 0.155. The molecule has 2 aliphatic rings. The zero-order valence-corrected chi connectivity index (χ0v) is 36.7. The Kier molecular flexibility index (Phi) is 14.2. The van der Waals surface area contributed by atoms with Crippen molar-refractivity contribution in [1.82, 2.24) is 14.9 Å². The van der Waals surface area contributed by atoms with Crippen molar-refractivity contribution in [3.63, 3.8) is 0 Å². The highest BCUT2D eigenvalue weighted by molar-refractivity contribution is 7.22. The number of hydrogen-bond donors (Lipinski definition) is 1. The molecule has 0 saturated carbocycles. The number of piperidine rings is 1. The van der Waals surface area contributed by atoms with Crippen LogP contribution in [-0.2, 0) is 27.2 Å². The molecule has 11 nitrogen and oxygen atoms in total. The zero-order valence-electron chi connectivity index (χ0n) is 35.9. The van der Waals surface area contributed by atoms with Crippen molar-refractivity contribution in [1.29, 1.82) is 0 Å². The SMILES string of the molecule is CCOC(CN1CCC(CCCOc2cccc(-c3ccc(N4CCc5cccc(C(=O)Nc6nc7ccccc7s6)c5C4)nc3C(=O)OC(C)(C)C)c2C)CC1)OCC. The van der Waals surface area contributed by atoms with Crippen LogP contribution in [-0.4, -0.2) is 84.6 Å². The molecule has 4 heterocycles. The monoisotopic (exact) mass is 833 g/mol. The zero-order chi connectivity index (χ0) is 42.2. The molecule has 7 rings (SSSR count). The van der Waals surface area contributed by atoms with E-state index in [0.717, 1.165) is 77.1 Å². The lowest BCUT2D eigenvalue weighted by Gasteiger charge is -2.34. The minimum atomic E-state index is -0.715. The highest BCUT2D eigenvalue weighted by Gasteiger charge is 2.28. The lowest BCUT2D eigenvalue weighted by atomic mass is 9.92. The summed E-state index contributed by atoms with van der Waals surface area (Å²) in [5.74, 6) is 1.43. The van der Waals surface area contributed by atoms with Crippen molar-refractivity contribution < 1.29 is 28.5 Å². The van der Waals surface area contributed by atoms with Gasteiger partial charge in [0.05, 0.1) is 16.8 Å². The number of esters is 1. The van der Waals surface area contributed by atoms with Crippen molar-refractivity contribution in [2.24, 2.45) is 5.92 Å². The molecule has 0 spiro atoms. The Labute approximate surface area is 358 Å². The van der Waals surface area contributed by atoms with Gasteiger partial charge in [-0.05, 0) is 151 Å². The van der Waals surface area contributed by atoms with Gasteiger partial charge in [0.25, 0.3) is 5.91 Å². The maximum atomic E-state index is 14.0. The molecule has 1 N–H and O–H groups in total. The Balaban J connectivity index is 1.03. The van der Waals surface area contributed by atoms with E-state index in [9.17, 15) is 9.59 Å². The number of nitrogens with one attached hydrogen (secondary N) is 1. The molecule has 318 valence electrons. The summed E-state index contributed by atoms with van der Waals surface area (Å²) in [5, 5.41) is 3.59. The number of para-hydroxylation sites is 1. The summed E-state index contributed by atoms with van der Waals surface area (Å²) in [6, 6.07) is 23.6. The Morgan fingerprint density at radius 1 is 0.900 bits per heavy atom. The van der Waals surface area contributed by atoms with Crippen LogP contribution < -0.4 is 15.0 Å². The van der Waals surface area contributed by atoms with Gasteiger partial charge >= 0.3 is 5.97 Å². The molecule has 12 heteroatoms. The Morgan fingerprint density at radius 2 is 1.67 bits per heavy atom. The van der Waals surface area contributed by atoms with Crippen LogP contribution in [0.25, 0.3) is 21.3 Å². The summed E-state index contributed by atoms with van der Waals surface area (Å²) in [4.78, 5) is 41.9. The van der Waals surface area contributed by atoms with Crippen LogP contribution in [0, 0.1) is 12.8 Å². The highest BCUT2D eigenvalue weighted by atomic mass is 32.1. The first kappa shape index (κ1) is 43.2. The molecular formula is C48H59N5O6S. The van der Waals surface area contributed by atoms with E-state index in [1.54, 1.807) is 0 Å². The van der Waals surface area contributed by atoms with E-state index < -0.39 is 11.6 Å². The number of thiazole rings is 1. The number of benzene rings is 3. The number of nitrogens with zero attached hydrogens (tertiary/aromatic N) is 4. The third-order valence-corrected chi connectivity index (χ3v) is 12.2. The van der Waals surface area contributed by atoms with Crippen molar-refractivity contribution >= 4 is 44.4 Å². The van der Waals surface area contributed by atoms with Gasteiger partial charge in [-0.15, -0.1) is 0 Å². The second kappa shape index (κ2) is 19.7. The van der Waals surface area contributed by atoms with Gasteiger partial charge in [-0.1, -0.05) is 47.7 Å². The van der Waals surface area contributed by atoms with Gasteiger partial charge in [0.15, 0.2) is 17.1 Å². The van der Waals surface area contributed by atoms with E-state index >= 15 is 0 Å². The van der Waals surface area contributed by atoms with Crippen LogP contribution >= 0.6 is 11.3 Å². The Morgan fingerprint density at radius 3 is 2.42 bits per heavy atom. The number of carbonyl (C=O) groups is 2.